The van der Waals surface area contributed by atoms with Crippen LogP contribution in [0.3, 0.4) is 0 Å². The second-order valence-corrected chi connectivity index (χ2v) is 9.42. The van der Waals surface area contributed by atoms with Gasteiger partial charge in [0, 0.05) is 44.9 Å². The Hall–Kier alpha value is -2.23. The van der Waals surface area contributed by atoms with E-state index in [1.54, 1.807) is 11.9 Å². The Balaban J connectivity index is 1.65. The van der Waals surface area contributed by atoms with Gasteiger partial charge in [0.15, 0.2) is 11.6 Å². The molecule has 0 spiro atoms. The van der Waals surface area contributed by atoms with Gasteiger partial charge in [-0.1, -0.05) is 11.6 Å². The summed E-state index contributed by atoms with van der Waals surface area (Å²) in [6.45, 7) is 1.19. The Morgan fingerprint density at radius 1 is 1.13 bits per heavy atom. The second kappa shape index (κ2) is 9.28. The van der Waals surface area contributed by atoms with Crippen LogP contribution in [0.5, 0.6) is 0 Å². The van der Waals surface area contributed by atoms with Gasteiger partial charge in [-0.05, 0) is 43.2 Å². The molecule has 1 fully saturated rings. The predicted molar refractivity (Wildman–Crippen MR) is 112 cm³/mol. The van der Waals surface area contributed by atoms with Crippen LogP contribution < -0.4 is 10.2 Å². The summed E-state index contributed by atoms with van der Waals surface area (Å²) in [4.78, 5) is 14.0. The Morgan fingerprint density at radius 3 is 2.50 bits per heavy atom. The Bertz CT molecular complexity index is 1040. The number of hydrogen-bond donors (Lipinski definition) is 1. The van der Waals surface area contributed by atoms with Crippen molar-refractivity contribution in [3.8, 4) is 0 Å². The summed E-state index contributed by atoms with van der Waals surface area (Å²) >= 11 is 6.13. The van der Waals surface area contributed by atoms with E-state index in [4.69, 9.17) is 11.6 Å². The summed E-state index contributed by atoms with van der Waals surface area (Å²) in [5.41, 5.74) is 0.635. The average Bonchev–Trinajstić information content (AvgIpc) is 3.25. The van der Waals surface area contributed by atoms with Gasteiger partial charge in [-0.25, -0.2) is 17.2 Å². The zero-order valence-electron chi connectivity index (χ0n) is 16.4. The van der Waals surface area contributed by atoms with Crippen molar-refractivity contribution in [3.63, 3.8) is 0 Å². The van der Waals surface area contributed by atoms with Crippen LogP contribution in [0.1, 0.15) is 19.3 Å². The lowest BCUT2D eigenvalue weighted by molar-refractivity contribution is -0.116. The summed E-state index contributed by atoms with van der Waals surface area (Å²) in [6.07, 6.45) is 1.68. The van der Waals surface area contributed by atoms with Crippen molar-refractivity contribution < 1.29 is 22.0 Å². The molecule has 1 N–H and O–H groups in total. The first-order chi connectivity index (χ1) is 14.2. The first kappa shape index (κ1) is 22.5. The van der Waals surface area contributed by atoms with E-state index in [0.717, 1.165) is 25.0 Å². The number of anilines is 2. The minimum absolute atomic E-state index is 0.0366. The molecule has 0 saturated carbocycles. The smallest absolute Gasteiger partial charge is 0.243 e. The van der Waals surface area contributed by atoms with E-state index < -0.39 is 21.7 Å². The van der Waals surface area contributed by atoms with E-state index in [2.05, 4.69) is 5.32 Å². The quantitative estimate of drug-likeness (QED) is 0.685. The zero-order chi connectivity index (χ0) is 21.9. The fourth-order valence-electron chi connectivity index (χ4n) is 3.17. The lowest BCUT2D eigenvalue weighted by Crippen LogP contribution is -2.28. The molecule has 1 saturated heterocycles. The van der Waals surface area contributed by atoms with Gasteiger partial charge in [0.2, 0.25) is 15.9 Å². The molecule has 30 heavy (non-hydrogen) atoms. The predicted octanol–water partition coefficient (Wildman–Crippen LogP) is 3.87. The van der Waals surface area contributed by atoms with Gasteiger partial charge in [-0.3, -0.25) is 4.79 Å². The second-order valence-electron chi connectivity index (χ2n) is 7.07. The minimum Gasteiger partial charge on any atom is -0.374 e. The summed E-state index contributed by atoms with van der Waals surface area (Å²) in [7, 11) is -1.99. The molecule has 6 nitrogen and oxygen atoms in total. The maximum Gasteiger partial charge on any atom is 0.243 e. The monoisotopic (exact) mass is 457 g/mol. The molecule has 0 aliphatic carbocycles. The molecule has 3 rings (SSSR count). The fraction of sp³-hybridized carbons (Fsp3) is 0.350. The Kier molecular flexibility index (Phi) is 6.95. The van der Waals surface area contributed by atoms with Crippen molar-refractivity contribution in [2.75, 3.05) is 36.9 Å². The van der Waals surface area contributed by atoms with Crippen molar-refractivity contribution in [3.05, 3.63) is 53.1 Å². The minimum atomic E-state index is -3.63. The van der Waals surface area contributed by atoms with E-state index in [-0.39, 0.29) is 34.5 Å². The lowest BCUT2D eigenvalue weighted by atomic mass is 10.2. The van der Waals surface area contributed by atoms with Crippen molar-refractivity contribution in [1.29, 1.82) is 0 Å². The molecule has 0 bridgehead atoms. The highest BCUT2D eigenvalue weighted by Crippen LogP contribution is 2.28. The number of hydrogen-bond acceptors (Lipinski definition) is 4. The summed E-state index contributed by atoms with van der Waals surface area (Å²) in [6, 6.07) is 7.70. The van der Waals surface area contributed by atoms with Crippen LogP contribution in [0, 0.1) is 11.6 Å². The highest BCUT2D eigenvalue weighted by molar-refractivity contribution is 7.89. The van der Waals surface area contributed by atoms with Crippen LogP contribution in [-0.4, -0.2) is 45.3 Å². The normalized spacial score (nSPS) is 14.7. The highest BCUT2D eigenvalue weighted by atomic mass is 35.5. The number of nitrogens with zero attached hydrogens (tertiary/aromatic N) is 2. The number of sulfonamides is 1. The molecular formula is C20H22ClF2N3O3S. The van der Waals surface area contributed by atoms with Crippen LogP contribution in [0.4, 0.5) is 20.2 Å². The van der Waals surface area contributed by atoms with Gasteiger partial charge in [0.05, 0.1) is 15.6 Å². The molecule has 1 heterocycles. The van der Waals surface area contributed by atoms with Gasteiger partial charge in [-0.2, -0.15) is 4.31 Å². The van der Waals surface area contributed by atoms with Crippen molar-refractivity contribution in [2.24, 2.45) is 0 Å². The first-order valence-electron chi connectivity index (χ1n) is 9.44. The maximum absolute atomic E-state index is 13.4. The SMILES string of the molecule is CN(CCC(=O)Nc1cc(S(=O)(=O)N2CCCC2)ccc1Cl)c1ccc(F)c(F)c1. The summed E-state index contributed by atoms with van der Waals surface area (Å²) in [5.74, 6) is -2.29. The molecule has 0 radical (unpaired) electrons. The molecule has 0 aromatic heterocycles. The third kappa shape index (κ3) is 5.08. The van der Waals surface area contributed by atoms with Crippen molar-refractivity contribution in [2.45, 2.75) is 24.2 Å². The van der Waals surface area contributed by atoms with E-state index in [0.29, 0.717) is 18.8 Å². The first-order valence-corrected chi connectivity index (χ1v) is 11.3. The number of amides is 1. The number of nitrogens with one attached hydrogen (secondary N) is 1. The van der Waals surface area contributed by atoms with Crippen LogP contribution in [0.25, 0.3) is 0 Å². The number of carbonyl (C=O) groups excluding carboxylic acids is 1. The van der Waals surface area contributed by atoms with Crippen LogP contribution in [-0.2, 0) is 14.8 Å². The molecule has 2 aromatic carbocycles. The molecule has 2 aromatic rings. The molecule has 1 aliphatic heterocycles. The van der Waals surface area contributed by atoms with E-state index in [1.807, 2.05) is 0 Å². The molecule has 0 unspecified atom stereocenters. The molecule has 1 amide bonds. The number of carbonyl (C=O) groups is 1. The van der Waals surface area contributed by atoms with E-state index in [9.17, 15) is 22.0 Å². The largest absolute Gasteiger partial charge is 0.374 e. The lowest BCUT2D eigenvalue weighted by Gasteiger charge is -2.19. The van der Waals surface area contributed by atoms with Crippen LogP contribution in [0.15, 0.2) is 41.3 Å². The van der Waals surface area contributed by atoms with Crippen molar-refractivity contribution in [1.82, 2.24) is 4.31 Å². The van der Waals surface area contributed by atoms with Gasteiger partial charge in [0.1, 0.15) is 0 Å². The molecule has 10 heteroatoms. The molecular weight excluding hydrogens is 436 g/mol. The van der Waals surface area contributed by atoms with Crippen LogP contribution in [0.2, 0.25) is 5.02 Å². The number of benzene rings is 2. The molecule has 0 atom stereocenters. The van der Waals surface area contributed by atoms with Gasteiger partial charge >= 0.3 is 0 Å². The van der Waals surface area contributed by atoms with Crippen molar-refractivity contribution >= 4 is 38.9 Å². The van der Waals surface area contributed by atoms with E-state index in [1.165, 1.54) is 28.6 Å². The fourth-order valence-corrected chi connectivity index (χ4v) is 4.88. The van der Waals surface area contributed by atoms with E-state index >= 15 is 0 Å². The number of halogens is 3. The Morgan fingerprint density at radius 2 is 1.83 bits per heavy atom. The van der Waals surface area contributed by atoms with Gasteiger partial charge < -0.3 is 10.2 Å². The average molecular weight is 458 g/mol. The summed E-state index contributed by atoms with van der Waals surface area (Å²) in [5, 5.41) is 2.85. The number of rotatable bonds is 7. The standard InChI is InChI=1S/C20H22ClF2N3O3S/c1-25(14-4-7-17(22)18(23)12-14)11-8-20(27)24-19-13-15(5-6-16(19)21)30(28,29)26-9-2-3-10-26/h4-7,12-13H,2-3,8-11H2,1H3,(H,24,27). The summed E-state index contributed by atoms with van der Waals surface area (Å²) < 4.78 is 53.3. The van der Waals surface area contributed by atoms with Crippen LogP contribution >= 0.6 is 11.6 Å². The maximum atomic E-state index is 13.4. The Labute approximate surface area is 179 Å². The third-order valence-corrected chi connectivity index (χ3v) is 7.16. The van der Waals surface area contributed by atoms with Gasteiger partial charge in [-0.15, -0.1) is 0 Å². The van der Waals surface area contributed by atoms with Gasteiger partial charge in [0.25, 0.3) is 0 Å². The molecule has 162 valence electrons. The third-order valence-electron chi connectivity index (χ3n) is 4.93. The topological polar surface area (TPSA) is 69.7 Å². The highest BCUT2D eigenvalue weighted by Gasteiger charge is 2.27. The zero-order valence-corrected chi connectivity index (χ0v) is 17.9. The molecule has 1 aliphatic rings.